The summed E-state index contributed by atoms with van der Waals surface area (Å²) >= 11 is 0. The van der Waals surface area contributed by atoms with Gasteiger partial charge in [0.25, 0.3) is 0 Å². The van der Waals surface area contributed by atoms with E-state index in [1.165, 1.54) is 0 Å². The Morgan fingerprint density at radius 1 is 1.26 bits per heavy atom. The monoisotopic (exact) mass is 430 g/mol. The molecule has 23 heavy (non-hydrogen) atoms. The van der Waals surface area contributed by atoms with Crippen LogP contribution in [0.25, 0.3) is 0 Å². The van der Waals surface area contributed by atoms with E-state index in [2.05, 4.69) is 25.8 Å². The largest absolute Gasteiger partial charge is 0.494 e. The van der Waals surface area contributed by atoms with E-state index in [1.54, 1.807) is 13.4 Å². The molecule has 0 amide bonds. The van der Waals surface area contributed by atoms with Crippen LogP contribution in [0.5, 0.6) is 5.75 Å². The molecule has 8 heteroatoms. The summed E-state index contributed by atoms with van der Waals surface area (Å²) in [6.07, 6.45) is 1.67. The number of benzene rings is 1. The van der Waals surface area contributed by atoms with E-state index in [1.807, 2.05) is 42.8 Å². The molecule has 1 aromatic heterocycles. The molecule has 1 heterocycles. The number of aryl methyl sites for hydroxylation is 1. The van der Waals surface area contributed by atoms with Crippen molar-refractivity contribution in [3.8, 4) is 5.75 Å². The molecule has 0 aliphatic carbocycles. The van der Waals surface area contributed by atoms with Crippen molar-refractivity contribution in [2.24, 2.45) is 12.0 Å². The Labute approximate surface area is 153 Å². The average Bonchev–Trinajstić information content (AvgIpc) is 2.94. The molecule has 0 atom stereocenters. The number of aliphatic imine (C=N–C) groups is 1. The van der Waals surface area contributed by atoms with Crippen LogP contribution in [-0.4, -0.2) is 34.4 Å². The SMILES string of the molecule is CCOc1ccccc1CNC(=NC)NCc1nncn1C.I. The number of nitrogens with zero attached hydrogens (tertiary/aromatic N) is 4. The molecule has 2 N–H and O–H groups in total. The number of ether oxygens (including phenoxy) is 1. The van der Waals surface area contributed by atoms with Crippen molar-refractivity contribution in [3.05, 3.63) is 42.0 Å². The summed E-state index contributed by atoms with van der Waals surface area (Å²) in [6.45, 7) is 3.82. The molecule has 0 aliphatic heterocycles. The summed E-state index contributed by atoms with van der Waals surface area (Å²) < 4.78 is 7.48. The van der Waals surface area contributed by atoms with Gasteiger partial charge < -0.3 is 19.9 Å². The first-order chi connectivity index (χ1) is 10.7. The lowest BCUT2D eigenvalue weighted by molar-refractivity contribution is 0.336. The number of rotatable bonds is 6. The van der Waals surface area contributed by atoms with Gasteiger partial charge in [0.1, 0.15) is 12.1 Å². The second-order valence-corrected chi connectivity index (χ2v) is 4.68. The number of hydrogen-bond acceptors (Lipinski definition) is 4. The smallest absolute Gasteiger partial charge is 0.191 e. The first kappa shape index (κ1) is 19.2. The molecule has 7 nitrogen and oxygen atoms in total. The normalized spacial score (nSPS) is 10.8. The predicted molar refractivity (Wildman–Crippen MR) is 101 cm³/mol. The fourth-order valence-corrected chi connectivity index (χ4v) is 1.98. The van der Waals surface area contributed by atoms with Crippen molar-refractivity contribution in [1.29, 1.82) is 0 Å². The van der Waals surface area contributed by atoms with Gasteiger partial charge in [-0.05, 0) is 13.0 Å². The van der Waals surface area contributed by atoms with Crippen molar-refractivity contribution >= 4 is 29.9 Å². The van der Waals surface area contributed by atoms with E-state index in [4.69, 9.17) is 4.74 Å². The lowest BCUT2D eigenvalue weighted by atomic mass is 10.2. The Hall–Kier alpha value is -1.84. The zero-order valence-corrected chi connectivity index (χ0v) is 15.9. The molecule has 0 aliphatic rings. The minimum absolute atomic E-state index is 0. The summed E-state index contributed by atoms with van der Waals surface area (Å²) in [6, 6.07) is 7.97. The second kappa shape index (κ2) is 10.0. The Morgan fingerprint density at radius 3 is 2.65 bits per heavy atom. The third-order valence-corrected chi connectivity index (χ3v) is 3.16. The van der Waals surface area contributed by atoms with Gasteiger partial charge in [0.15, 0.2) is 11.8 Å². The van der Waals surface area contributed by atoms with Crippen LogP contribution in [0.4, 0.5) is 0 Å². The number of hydrogen-bond donors (Lipinski definition) is 2. The van der Waals surface area contributed by atoms with Crippen molar-refractivity contribution in [2.75, 3.05) is 13.7 Å². The Balaban J connectivity index is 0.00000264. The lowest BCUT2D eigenvalue weighted by Crippen LogP contribution is -2.37. The highest BCUT2D eigenvalue weighted by Gasteiger charge is 2.05. The van der Waals surface area contributed by atoms with E-state index >= 15 is 0 Å². The van der Waals surface area contributed by atoms with Gasteiger partial charge in [0.05, 0.1) is 13.2 Å². The zero-order valence-electron chi connectivity index (χ0n) is 13.6. The minimum atomic E-state index is 0. The third-order valence-electron chi connectivity index (χ3n) is 3.16. The van der Waals surface area contributed by atoms with Crippen molar-refractivity contribution in [2.45, 2.75) is 20.0 Å². The molecule has 0 bridgehead atoms. The van der Waals surface area contributed by atoms with E-state index in [9.17, 15) is 0 Å². The third kappa shape index (κ3) is 5.70. The molecule has 0 saturated carbocycles. The number of guanidine groups is 1. The van der Waals surface area contributed by atoms with Crippen LogP contribution in [0.1, 0.15) is 18.3 Å². The molecular formula is C15H23IN6O. The van der Waals surface area contributed by atoms with E-state index in [0.29, 0.717) is 25.7 Å². The van der Waals surface area contributed by atoms with Crippen LogP contribution in [0, 0.1) is 0 Å². The maximum absolute atomic E-state index is 5.62. The van der Waals surface area contributed by atoms with Crippen LogP contribution < -0.4 is 15.4 Å². The molecule has 0 fully saturated rings. The molecule has 1 aromatic carbocycles. The zero-order chi connectivity index (χ0) is 15.8. The van der Waals surface area contributed by atoms with Crippen LogP contribution in [0.15, 0.2) is 35.6 Å². The molecule has 0 saturated heterocycles. The highest BCUT2D eigenvalue weighted by molar-refractivity contribution is 14.0. The van der Waals surface area contributed by atoms with Crippen molar-refractivity contribution in [1.82, 2.24) is 25.4 Å². The maximum Gasteiger partial charge on any atom is 0.191 e. The quantitative estimate of drug-likeness (QED) is 0.415. The lowest BCUT2D eigenvalue weighted by Gasteiger charge is -2.14. The first-order valence-corrected chi connectivity index (χ1v) is 7.22. The summed E-state index contributed by atoms with van der Waals surface area (Å²) in [5.74, 6) is 2.44. The van der Waals surface area contributed by atoms with Gasteiger partial charge in [0, 0.05) is 26.2 Å². The van der Waals surface area contributed by atoms with E-state index < -0.39 is 0 Å². The van der Waals surface area contributed by atoms with Gasteiger partial charge >= 0.3 is 0 Å². The maximum atomic E-state index is 5.62. The van der Waals surface area contributed by atoms with Gasteiger partial charge in [-0.15, -0.1) is 34.2 Å². The highest BCUT2D eigenvalue weighted by Crippen LogP contribution is 2.17. The number of halogens is 1. The topological polar surface area (TPSA) is 76.4 Å². The predicted octanol–water partition coefficient (Wildman–Crippen LogP) is 1.70. The van der Waals surface area contributed by atoms with E-state index in [0.717, 1.165) is 17.1 Å². The van der Waals surface area contributed by atoms with Gasteiger partial charge in [-0.25, -0.2) is 0 Å². The van der Waals surface area contributed by atoms with Crippen LogP contribution in [-0.2, 0) is 20.1 Å². The highest BCUT2D eigenvalue weighted by atomic mass is 127. The van der Waals surface area contributed by atoms with Crippen molar-refractivity contribution < 1.29 is 4.74 Å². The summed E-state index contributed by atoms with van der Waals surface area (Å²) in [4.78, 5) is 4.20. The van der Waals surface area contributed by atoms with Crippen LogP contribution in [0.3, 0.4) is 0 Å². The molecule has 0 unspecified atom stereocenters. The van der Waals surface area contributed by atoms with Crippen LogP contribution >= 0.6 is 24.0 Å². The van der Waals surface area contributed by atoms with Crippen molar-refractivity contribution in [3.63, 3.8) is 0 Å². The summed E-state index contributed by atoms with van der Waals surface area (Å²) in [5.41, 5.74) is 1.09. The first-order valence-electron chi connectivity index (χ1n) is 7.22. The molecule has 0 radical (unpaired) electrons. The van der Waals surface area contributed by atoms with Gasteiger partial charge in [-0.3, -0.25) is 4.99 Å². The second-order valence-electron chi connectivity index (χ2n) is 4.68. The average molecular weight is 430 g/mol. The Bertz CT molecular complexity index is 628. The molecule has 126 valence electrons. The standard InChI is InChI=1S/C15H22N6O.HI/c1-4-22-13-8-6-5-7-12(13)9-17-15(16-2)18-10-14-20-19-11-21(14)3;/h5-8,11H,4,9-10H2,1-3H3,(H2,16,17,18);1H. The van der Waals surface area contributed by atoms with Gasteiger partial charge in [-0.2, -0.15) is 0 Å². The van der Waals surface area contributed by atoms with Gasteiger partial charge in [-0.1, -0.05) is 18.2 Å². The fourth-order valence-electron chi connectivity index (χ4n) is 1.98. The number of para-hydroxylation sites is 1. The van der Waals surface area contributed by atoms with Gasteiger partial charge in [0.2, 0.25) is 0 Å². The summed E-state index contributed by atoms with van der Waals surface area (Å²) in [5, 5.41) is 14.4. The molecule has 2 rings (SSSR count). The number of aromatic nitrogens is 3. The van der Waals surface area contributed by atoms with E-state index in [-0.39, 0.29) is 24.0 Å². The number of nitrogens with one attached hydrogen (secondary N) is 2. The Kier molecular flexibility index (Phi) is 8.38. The Morgan fingerprint density at radius 2 is 2.00 bits per heavy atom. The fraction of sp³-hybridized carbons (Fsp3) is 0.400. The molecule has 2 aromatic rings. The minimum Gasteiger partial charge on any atom is -0.494 e. The van der Waals surface area contributed by atoms with Crippen LogP contribution in [0.2, 0.25) is 0 Å². The summed E-state index contributed by atoms with van der Waals surface area (Å²) in [7, 11) is 3.64. The molecule has 0 spiro atoms. The molecular weight excluding hydrogens is 407 g/mol.